The summed E-state index contributed by atoms with van der Waals surface area (Å²) in [7, 11) is 0. The molecule has 6 nitrogen and oxygen atoms in total. The van der Waals surface area contributed by atoms with Gasteiger partial charge in [0.2, 0.25) is 11.7 Å². The third kappa shape index (κ3) is 4.59. The van der Waals surface area contributed by atoms with Crippen LogP contribution in [0.3, 0.4) is 0 Å². The molecular weight excluding hydrogens is 374 g/mol. The molecule has 0 bridgehead atoms. The van der Waals surface area contributed by atoms with Crippen LogP contribution in [0.25, 0.3) is 11.4 Å². The predicted molar refractivity (Wildman–Crippen MR) is 107 cm³/mol. The number of aryl methyl sites for hydroxylation is 1. The highest BCUT2D eigenvalue weighted by Crippen LogP contribution is 2.23. The quantitative estimate of drug-likeness (QED) is 0.630. The Morgan fingerprint density at radius 2 is 2.18 bits per heavy atom. The van der Waals surface area contributed by atoms with Gasteiger partial charge >= 0.3 is 0 Å². The number of aromatic nitrogens is 2. The van der Waals surface area contributed by atoms with Crippen molar-refractivity contribution in [3.8, 4) is 17.1 Å². The Bertz CT molecular complexity index is 905. The number of hydrogen-bond acceptors (Lipinski definition) is 6. The van der Waals surface area contributed by atoms with Gasteiger partial charge < -0.3 is 14.2 Å². The summed E-state index contributed by atoms with van der Waals surface area (Å²) >= 11 is 1.61. The second-order valence-electron chi connectivity index (χ2n) is 7.18. The SMILES string of the molecule is Cc1ccc(OCC(=O)N2CCCC(Cc3nc(-c4ccsc4)no3)C2)cc1. The molecule has 0 aliphatic carbocycles. The van der Waals surface area contributed by atoms with E-state index in [0.717, 1.165) is 30.7 Å². The number of piperidine rings is 1. The van der Waals surface area contributed by atoms with Gasteiger partial charge in [-0.15, -0.1) is 0 Å². The average Bonchev–Trinajstić information content (AvgIpc) is 3.39. The van der Waals surface area contributed by atoms with E-state index in [1.807, 2.05) is 52.9 Å². The third-order valence-corrected chi connectivity index (χ3v) is 5.65. The number of rotatable bonds is 6. The summed E-state index contributed by atoms with van der Waals surface area (Å²) in [6, 6.07) is 9.72. The molecule has 28 heavy (non-hydrogen) atoms. The molecule has 0 saturated carbocycles. The zero-order valence-corrected chi connectivity index (χ0v) is 16.7. The molecule has 0 radical (unpaired) electrons. The van der Waals surface area contributed by atoms with Crippen LogP contribution in [0.4, 0.5) is 0 Å². The number of ether oxygens (including phenoxy) is 1. The predicted octanol–water partition coefficient (Wildman–Crippen LogP) is 3.97. The minimum absolute atomic E-state index is 0.0229. The van der Waals surface area contributed by atoms with Crippen molar-refractivity contribution in [2.45, 2.75) is 26.2 Å². The highest BCUT2D eigenvalue weighted by atomic mass is 32.1. The van der Waals surface area contributed by atoms with Crippen molar-refractivity contribution in [2.75, 3.05) is 19.7 Å². The van der Waals surface area contributed by atoms with Crippen LogP contribution in [0.1, 0.15) is 24.3 Å². The van der Waals surface area contributed by atoms with Crippen molar-refractivity contribution < 1.29 is 14.1 Å². The molecule has 1 saturated heterocycles. The monoisotopic (exact) mass is 397 g/mol. The maximum atomic E-state index is 12.5. The van der Waals surface area contributed by atoms with Crippen LogP contribution in [0.15, 0.2) is 45.6 Å². The molecule has 0 N–H and O–H groups in total. The van der Waals surface area contributed by atoms with Crippen LogP contribution >= 0.6 is 11.3 Å². The molecule has 1 unspecified atom stereocenters. The fraction of sp³-hybridized carbons (Fsp3) is 0.381. The number of carbonyl (C=O) groups is 1. The lowest BCUT2D eigenvalue weighted by Gasteiger charge is -2.32. The Morgan fingerprint density at radius 1 is 1.32 bits per heavy atom. The van der Waals surface area contributed by atoms with Gasteiger partial charge in [-0.2, -0.15) is 16.3 Å². The van der Waals surface area contributed by atoms with Gasteiger partial charge in [0.05, 0.1) is 0 Å². The van der Waals surface area contributed by atoms with Crippen molar-refractivity contribution in [3.05, 3.63) is 52.5 Å². The fourth-order valence-electron chi connectivity index (χ4n) is 3.42. The molecule has 146 valence electrons. The maximum Gasteiger partial charge on any atom is 0.260 e. The zero-order valence-electron chi connectivity index (χ0n) is 15.8. The van der Waals surface area contributed by atoms with E-state index in [-0.39, 0.29) is 12.5 Å². The number of hydrogen-bond donors (Lipinski definition) is 0. The highest BCUT2D eigenvalue weighted by Gasteiger charge is 2.25. The molecule has 3 aromatic rings. The number of nitrogens with zero attached hydrogens (tertiary/aromatic N) is 3. The summed E-state index contributed by atoms with van der Waals surface area (Å²) in [4.78, 5) is 18.9. The van der Waals surface area contributed by atoms with Crippen molar-refractivity contribution in [3.63, 3.8) is 0 Å². The summed E-state index contributed by atoms with van der Waals surface area (Å²) in [5.74, 6) is 2.34. The zero-order chi connectivity index (χ0) is 19.3. The van der Waals surface area contributed by atoms with E-state index < -0.39 is 0 Å². The molecule has 1 aliphatic heterocycles. The summed E-state index contributed by atoms with van der Waals surface area (Å²) in [5.41, 5.74) is 2.15. The lowest BCUT2D eigenvalue weighted by molar-refractivity contribution is -0.135. The number of likely N-dealkylation sites (tertiary alicyclic amines) is 1. The van der Waals surface area contributed by atoms with Crippen molar-refractivity contribution in [1.29, 1.82) is 0 Å². The molecule has 1 atom stereocenters. The first-order chi connectivity index (χ1) is 13.7. The van der Waals surface area contributed by atoms with Gasteiger partial charge in [0.25, 0.3) is 5.91 Å². The lowest BCUT2D eigenvalue weighted by Crippen LogP contribution is -2.42. The summed E-state index contributed by atoms with van der Waals surface area (Å²) in [6.07, 6.45) is 2.73. The number of benzene rings is 1. The number of amides is 1. The fourth-order valence-corrected chi connectivity index (χ4v) is 4.06. The van der Waals surface area contributed by atoms with Crippen molar-refractivity contribution >= 4 is 17.2 Å². The Kier molecular flexibility index (Phi) is 5.71. The van der Waals surface area contributed by atoms with E-state index in [4.69, 9.17) is 9.26 Å². The second-order valence-corrected chi connectivity index (χ2v) is 7.96. The Balaban J connectivity index is 1.30. The first kappa shape index (κ1) is 18.7. The van der Waals surface area contributed by atoms with Gasteiger partial charge in [0.1, 0.15) is 5.75 Å². The van der Waals surface area contributed by atoms with Gasteiger partial charge in [-0.25, -0.2) is 0 Å². The van der Waals surface area contributed by atoms with Crippen molar-refractivity contribution in [1.82, 2.24) is 15.0 Å². The molecule has 1 aromatic carbocycles. The topological polar surface area (TPSA) is 68.5 Å². The highest BCUT2D eigenvalue weighted by molar-refractivity contribution is 7.08. The van der Waals surface area contributed by atoms with Gasteiger partial charge in [-0.3, -0.25) is 4.79 Å². The van der Waals surface area contributed by atoms with Crippen molar-refractivity contribution in [2.24, 2.45) is 5.92 Å². The normalized spacial score (nSPS) is 16.9. The van der Waals surface area contributed by atoms with Gasteiger partial charge in [-0.1, -0.05) is 22.9 Å². The van der Waals surface area contributed by atoms with Gasteiger partial charge in [-0.05, 0) is 49.3 Å². The summed E-state index contributed by atoms with van der Waals surface area (Å²) in [5, 5.41) is 8.07. The molecule has 2 aromatic heterocycles. The molecule has 3 heterocycles. The average molecular weight is 398 g/mol. The second kappa shape index (κ2) is 8.56. The summed E-state index contributed by atoms with van der Waals surface area (Å²) < 4.78 is 11.1. The maximum absolute atomic E-state index is 12.5. The number of carbonyl (C=O) groups excluding carboxylic acids is 1. The largest absolute Gasteiger partial charge is 0.484 e. The van der Waals surface area contributed by atoms with E-state index in [2.05, 4.69) is 10.1 Å². The van der Waals surface area contributed by atoms with Crippen LogP contribution in [0, 0.1) is 12.8 Å². The first-order valence-electron chi connectivity index (χ1n) is 9.50. The molecule has 1 fully saturated rings. The van der Waals surface area contributed by atoms with Gasteiger partial charge in [0.15, 0.2) is 6.61 Å². The third-order valence-electron chi connectivity index (χ3n) is 4.97. The first-order valence-corrected chi connectivity index (χ1v) is 10.4. The van der Waals surface area contributed by atoms with Crippen LogP contribution in [0.2, 0.25) is 0 Å². The minimum Gasteiger partial charge on any atom is -0.484 e. The molecule has 1 aliphatic rings. The van der Waals surface area contributed by atoms with E-state index in [9.17, 15) is 4.79 Å². The Labute approximate surface area is 168 Å². The van der Waals surface area contributed by atoms with E-state index in [1.165, 1.54) is 5.56 Å². The Hall–Kier alpha value is -2.67. The van der Waals surface area contributed by atoms with E-state index in [1.54, 1.807) is 11.3 Å². The standard InChI is InChI=1S/C21H23N3O3S/c1-15-4-6-18(7-5-15)26-13-20(25)24-9-2-3-16(12-24)11-19-22-21(23-27-19)17-8-10-28-14-17/h4-8,10,14,16H,2-3,9,11-13H2,1H3. The molecule has 7 heteroatoms. The van der Waals surface area contributed by atoms with E-state index >= 15 is 0 Å². The summed E-state index contributed by atoms with van der Waals surface area (Å²) in [6.45, 7) is 3.57. The minimum atomic E-state index is 0.0229. The van der Waals surface area contributed by atoms with Gasteiger partial charge in [0, 0.05) is 30.5 Å². The van der Waals surface area contributed by atoms with Crippen LogP contribution < -0.4 is 4.74 Å². The molecule has 0 spiro atoms. The van der Waals surface area contributed by atoms with E-state index in [0.29, 0.717) is 30.6 Å². The van der Waals surface area contributed by atoms with Crippen LogP contribution in [-0.2, 0) is 11.2 Å². The van der Waals surface area contributed by atoms with Crippen LogP contribution in [-0.4, -0.2) is 40.6 Å². The molecular formula is C21H23N3O3S. The number of thiophene rings is 1. The molecule has 4 rings (SSSR count). The molecule has 1 amide bonds. The lowest BCUT2D eigenvalue weighted by atomic mass is 9.95. The smallest absolute Gasteiger partial charge is 0.260 e. The Morgan fingerprint density at radius 3 is 2.96 bits per heavy atom. The van der Waals surface area contributed by atoms with Crippen LogP contribution in [0.5, 0.6) is 5.75 Å².